The van der Waals surface area contributed by atoms with Gasteiger partial charge in [-0.2, -0.15) is 0 Å². The van der Waals surface area contributed by atoms with Gasteiger partial charge in [0.15, 0.2) is 0 Å². The fourth-order valence-corrected chi connectivity index (χ4v) is 0. The van der Waals surface area contributed by atoms with E-state index in [1.54, 1.807) is 0 Å². The highest BCUT2D eigenvalue weighted by Gasteiger charge is 1.58. The average Bonchev–Trinajstić information content (AvgIpc) is 0.811. The topological polar surface area (TPSA) is 3.24 Å². The number of hydrogen-bond acceptors (Lipinski definition) is 1. The molecule has 58 valence electrons. The maximum Gasteiger partial charge on any atom is -0.0140 e. The monoisotopic (exact) mass is 123 g/mol. The lowest BCUT2D eigenvalue weighted by molar-refractivity contribution is 0.505. The van der Waals surface area contributed by atoms with Crippen molar-refractivity contribution in [3.05, 3.63) is 0 Å². The van der Waals surface area contributed by atoms with Crippen molar-refractivity contribution in [1.29, 1.82) is 0 Å². The summed E-state index contributed by atoms with van der Waals surface area (Å²) in [5, 5.41) is 0. The van der Waals surface area contributed by atoms with E-state index in [2.05, 4.69) is 0 Å². The zero-order valence-corrected chi connectivity index (χ0v) is 3.45. The first-order valence-electron chi connectivity index (χ1n) is 1.34. The van der Waals surface area contributed by atoms with Crippen LogP contribution in [0.1, 0.15) is 29.7 Å². The summed E-state index contributed by atoms with van der Waals surface area (Å²) in [6.07, 6.45) is 0. The molecule has 0 radical (unpaired) electrons. The van der Waals surface area contributed by atoms with Crippen LogP contribution < -0.4 is 0 Å². The fourth-order valence-electron chi connectivity index (χ4n) is 0. The van der Waals surface area contributed by atoms with Crippen LogP contribution in [0.15, 0.2) is 0 Å². The van der Waals surface area contributed by atoms with E-state index in [1.165, 1.54) is 0 Å². The maximum absolute atomic E-state index is 2.00. The van der Waals surface area contributed by atoms with Gasteiger partial charge in [0.05, 0.1) is 0 Å². The summed E-state index contributed by atoms with van der Waals surface area (Å²) < 4.78 is 0. The zero-order valence-electron chi connectivity index (χ0n) is 3.45. The Bertz CT molecular complexity index is 9.10. The minimum Gasteiger partial charge on any atom is -0.312 e. The molecular weight excluding hydrogens is 98.1 g/mol. The smallest absolute Gasteiger partial charge is 0.0140 e. The second-order valence-corrected chi connectivity index (χ2v) is 1.34. The second kappa shape index (κ2) is 28.2. The molecule has 0 fully saturated rings. The summed E-state index contributed by atoms with van der Waals surface area (Å²) >= 11 is 0. The lowest BCUT2D eigenvalue weighted by atomic mass is 11.0. The Morgan fingerprint density at radius 1 is 0.625 bits per heavy atom. The third-order valence-electron chi connectivity index (χ3n) is 0. The van der Waals surface area contributed by atoms with Crippen LogP contribution >= 0.6 is 0 Å². The molecule has 0 aliphatic heterocycles. The van der Waals surface area contributed by atoms with Crippen molar-refractivity contribution in [3.8, 4) is 0 Å². The van der Waals surface area contributed by atoms with Crippen LogP contribution in [0.2, 0.25) is 0 Å². The van der Waals surface area contributed by atoms with Crippen molar-refractivity contribution in [2.24, 2.45) is 0 Å². The molecule has 0 spiro atoms. The van der Waals surface area contributed by atoms with E-state index in [0.717, 1.165) is 0 Å². The SMILES string of the molecule is C.C.C.C.CN(C)C. The molecule has 0 aromatic rings. The summed E-state index contributed by atoms with van der Waals surface area (Å²) in [5.41, 5.74) is 0. The molecule has 1 nitrogen and oxygen atoms in total. The molecule has 0 rings (SSSR count). The van der Waals surface area contributed by atoms with Gasteiger partial charge >= 0.3 is 0 Å². The minimum absolute atomic E-state index is 0. The largest absolute Gasteiger partial charge is 0.312 e. The average molecular weight is 123 g/mol. The van der Waals surface area contributed by atoms with E-state index in [4.69, 9.17) is 0 Å². The van der Waals surface area contributed by atoms with Gasteiger partial charge in [-0.15, -0.1) is 0 Å². The van der Waals surface area contributed by atoms with Gasteiger partial charge in [0, 0.05) is 0 Å². The van der Waals surface area contributed by atoms with Crippen LogP contribution in [0, 0.1) is 0 Å². The normalized spacial score (nSPS) is 4.50. The van der Waals surface area contributed by atoms with E-state index >= 15 is 0 Å². The Morgan fingerprint density at radius 3 is 0.625 bits per heavy atom. The predicted octanol–water partition coefficient (Wildman–Crippen LogP) is 2.72. The molecule has 0 bridgehead atoms. The van der Waals surface area contributed by atoms with Gasteiger partial charge in [-0.1, -0.05) is 29.7 Å². The Hall–Kier alpha value is -0.0400. The molecule has 0 unspecified atom stereocenters. The van der Waals surface area contributed by atoms with Gasteiger partial charge < -0.3 is 4.90 Å². The Kier molecular flexibility index (Phi) is 155. The zero-order chi connectivity index (χ0) is 3.58. The highest BCUT2D eigenvalue weighted by atomic mass is 15.0. The van der Waals surface area contributed by atoms with Crippen molar-refractivity contribution < 1.29 is 0 Å². The van der Waals surface area contributed by atoms with Gasteiger partial charge in [-0.05, 0) is 21.1 Å². The standard InChI is InChI=1S/C3H9N.4CH4/c1-4(2)3;;;;/h1-3H3;4*1H4. The number of nitrogens with zero attached hydrogens (tertiary/aromatic N) is 1. The third kappa shape index (κ3) is 91600. The van der Waals surface area contributed by atoms with Crippen LogP contribution in [0.25, 0.3) is 0 Å². The molecule has 0 atom stereocenters. The van der Waals surface area contributed by atoms with Crippen LogP contribution in [0.3, 0.4) is 0 Å². The van der Waals surface area contributed by atoms with Gasteiger partial charge in [-0.25, -0.2) is 0 Å². The maximum atomic E-state index is 2.00. The molecule has 8 heavy (non-hydrogen) atoms. The summed E-state index contributed by atoms with van der Waals surface area (Å²) in [4.78, 5) is 2.00. The quantitative estimate of drug-likeness (QED) is 0.479. The molecule has 0 aliphatic rings. The summed E-state index contributed by atoms with van der Waals surface area (Å²) in [6, 6.07) is 0. The predicted molar refractivity (Wildman–Crippen MR) is 46.5 cm³/mol. The molecular formula is C7H25N. The lowest BCUT2D eigenvalue weighted by Gasteiger charge is -1.90. The van der Waals surface area contributed by atoms with Gasteiger partial charge in [0.2, 0.25) is 0 Å². The first kappa shape index (κ1) is 44.0. The van der Waals surface area contributed by atoms with Crippen molar-refractivity contribution in [2.45, 2.75) is 29.7 Å². The fraction of sp³-hybridized carbons (Fsp3) is 1.00. The molecule has 0 aromatic heterocycles. The summed E-state index contributed by atoms with van der Waals surface area (Å²) in [5.74, 6) is 0. The van der Waals surface area contributed by atoms with Crippen LogP contribution in [0.5, 0.6) is 0 Å². The van der Waals surface area contributed by atoms with E-state index in [1.807, 2.05) is 26.0 Å². The molecule has 0 saturated carbocycles. The van der Waals surface area contributed by atoms with Crippen LogP contribution in [-0.4, -0.2) is 26.0 Å². The lowest BCUT2D eigenvalue weighted by Crippen LogP contribution is -1.99. The van der Waals surface area contributed by atoms with E-state index in [9.17, 15) is 0 Å². The molecule has 0 saturated heterocycles. The minimum atomic E-state index is 0. The van der Waals surface area contributed by atoms with Crippen LogP contribution in [-0.2, 0) is 0 Å². The van der Waals surface area contributed by atoms with Crippen molar-refractivity contribution >= 4 is 0 Å². The Labute approximate surface area is 56.7 Å². The summed E-state index contributed by atoms with van der Waals surface area (Å²) in [7, 11) is 6.00. The van der Waals surface area contributed by atoms with Crippen LogP contribution in [0.4, 0.5) is 0 Å². The molecule has 0 heterocycles. The second-order valence-electron chi connectivity index (χ2n) is 1.34. The van der Waals surface area contributed by atoms with Gasteiger partial charge in [-0.3, -0.25) is 0 Å². The van der Waals surface area contributed by atoms with Gasteiger partial charge in [0.1, 0.15) is 0 Å². The number of rotatable bonds is 0. The third-order valence-corrected chi connectivity index (χ3v) is 0. The first-order chi connectivity index (χ1) is 1.73. The molecule has 0 aliphatic carbocycles. The molecule has 0 aromatic carbocycles. The van der Waals surface area contributed by atoms with E-state index in [0.29, 0.717) is 0 Å². The van der Waals surface area contributed by atoms with E-state index < -0.39 is 0 Å². The highest BCUT2D eigenvalue weighted by molar-refractivity contribution is 4.09. The highest BCUT2D eigenvalue weighted by Crippen LogP contribution is 1.47. The molecule has 1 heteroatoms. The Morgan fingerprint density at radius 2 is 0.625 bits per heavy atom. The molecule has 0 amide bonds. The summed E-state index contributed by atoms with van der Waals surface area (Å²) in [6.45, 7) is 0. The van der Waals surface area contributed by atoms with E-state index in [-0.39, 0.29) is 29.7 Å². The van der Waals surface area contributed by atoms with Crippen molar-refractivity contribution in [3.63, 3.8) is 0 Å². The Balaban J connectivity index is -0.00000000750. The molecule has 0 N–H and O–H groups in total. The van der Waals surface area contributed by atoms with Crippen molar-refractivity contribution in [1.82, 2.24) is 4.90 Å². The van der Waals surface area contributed by atoms with Crippen molar-refractivity contribution in [2.75, 3.05) is 21.1 Å². The number of hydrogen-bond donors (Lipinski definition) is 0. The van der Waals surface area contributed by atoms with Gasteiger partial charge in [0.25, 0.3) is 0 Å². The first-order valence-corrected chi connectivity index (χ1v) is 1.34.